The van der Waals surface area contributed by atoms with Crippen LogP contribution < -0.4 is 11.1 Å². The minimum Gasteiger partial charge on any atom is -0.460 e. The molecule has 0 bridgehead atoms. The smallest absolute Gasteiger partial charge is 0.306 e. The van der Waals surface area contributed by atoms with E-state index in [0.29, 0.717) is 6.42 Å². The van der Waals surface area contributed by atoms with Gasteiger partial charge in [0, 0.05) is 6.42 Å². The molecule has 0 aromatic rings. The lowest BCUT2D eigenvalue weighted by Crippen LogP contribution is -2.34. The first-order valence-corrected chi connectivity index (χ1v) is 5.00. The van der Waals surface area contributed by atoms with E-state index in [1.165, 1.54) is 0 Å². The third kappa shape index (κ3) is 11.6. The maximum Gasteiger partial charge on any atom is 0.306 e. The Morgan fingerprint density at radius 1 is 1.47 bits per heavy atom. The van der Waals surface area contributed by atoms with Crippen molar-refractivity contribution in [3.63, 3.8) is 0 Å². The predicted octanol–water partition coefficient (Wildman–Crippen LogP) is 1.42. The van der Waals surface area contributed by atoms with Crippen molar-refractivity contribution in [3.05, 3.63) is 0 Å². The van der Waals surface area contributed by atoms with Crippen molar-refractivity contribution in [1.82, 2.24) is 5.32 Å². The van der Waals surface area contributed by atoms with Crippen molar-refractivity contribution in [2.75, 3.05) is 7.05 Å². The van der Waals surface area contributed by atoms with Crippen molar-refractivity contribution < 1.29 is 9.53 Å². The topological polar surface area (TPSA) is 64.3 Å². The summed E-state index contributed by atoms with van der Waals surface area (Å²) in [5.74, 6) is -0.152. The first-order chi connectivity index (χ1) is 6.35. The largest absolute Gasteiger partial charge is 0.460 e. The highest BCUT2D eigenvalue weighted by atomic mass is 35.5. The van der Waals surface area contributed by atoms with Crippen LogP contribution in [0.4, 0.5) is 0 Å². The molecule has 0 radical (unpaired) electrons. The van der Waals surface area contributed by atoms with Crippen molar-refractivity contribution in [2.45, 2.75) is 51.8 Å². The lowest BCUT2D eigenvalue weighted by Gasteiger charge is -2.19. The molecule has 0 aliphatic rings. The number of rotatable bonds is 5. The van der Waals surface area contributed by atoms with Gasteiger partial charge in [-0.3, -0.25) is 4.79 Å². The third-order valence-electron chi connectivity index (χ3n) is 1.69. The Morgan fingerprint density at radius 2 is 2.00 bits per heavy atom. The van der Waals surface area contributed by atoms with Crippen LogP contribution in [0.15, 0.2) is 0 Å². The molecular weight excluding hydrogens is 216 g/mol. The summed E-state index contributed by atoms with van der Waals surface area (Å²) in [5.41, 5.74) is 5.24. The lowest BCUT2D eigenvalue weighted by molar-refractivity contribution is -0.154. The van der Waals surface area contributed by atoms with E-state index in [9.17, 15) is 4.79 Å². The van der Waals surface area contributed by atoms with Gasteiger partial charge in [-0.25, -0.2) is 0 Å². The molecule has 0 aliphatic heterocycles. The van der Waals surface area contributed by atoms with Gasteiger partial charge in [0.1, 0.15) is 5.60 Å². The number of esters is 1. The van der Waals surface area contributed by atoms with Crippen LogP contribution in [-0.4, -0.2) is 24.8 Å². The summed E-state index contributed by atoms with van der Waals surface area (Å²) >= 11 is 0. The van der Waals surface area contributed by atoms with Crippen molar-refractivity contribution >= 4 is 18.4 Å². The van der Waals surface area contributed by atoms with E-state index in [0.717, 1.165) is 12.8 Å². The molecule has 5 heteroatoms. The van der Waals surface area contributed by atoms with E-state index >= 15 is 0 Å². The number of halogens is 1. The van der Waals surface area contributed by atoms with E-state index in [4.69, 9.17) is 10.5 Å². The second-order valence-corrected chi connectivity index (χ2v) is 4.37. The monoisotopic (exact) mass is 238 g/mol. The molecule has 92 valence electrons. The summed E-state index contributed by atoms with van der Waals surface area (Å²) in [6.07, 6.45) is 1.96. The van der Waals surface area contributed by atoms with Gasteiger partial charge in [-0.2, -0.15) is 0 Å². The van der Waals surface area contributed by atoms with Crippen molar-refractivity contribution in [3.8, 4) is 0 Å². The summed E-state index contributed by atoms with van der Waals surface area (Å²) in [6, 6.07) is 0. The Balaban J connectivity index is 0. The van der Waals surface area contributed by atoms with E-state index in [2.05, 4.69) is 5.32 Å². The standard InChI is InChI=1S/C10H22N2O2.ClH/c1-10(2,3)14-9(13)7-5-6-8(11)12-4;/h8,12H,5-7,11H2,1-4H3;1H. The van der Waals surface area contributed by atoms with Gasteiger partial charge in [0.2, 0.25) is 0 Å². The molecule has 0 amide bonds. The van der Waals surface area contributed by atoms with E-state index < -0.39 is 0 Å². The first-order valence-electron chi connectivity index (χ1n) is 5.00. The molecule has 0 saturated heterocycles. The third-order valence-corrected chi connectivity index (χ3v) is 1.69. The fourth-order valence-electron chi connectivity index (χ4n) is 1.00. The van der Waals surface area contributed by atoms with E-state index in [1.54, 1.807) is 7.05 Å². The van der Waals surface area contributed by atoms with E-state index in [-0.39, 0.29) is 30.1 Å². The average Bonchev–Trinajstić information content (AvgIpc) is 2.00. The van der Waals surface area contributed by atoms with Crippen molar-refractivity contribution in [1.29, 1.82) is 0 Å². The fourth-order valence-corrected chi connectivity index (χ4v) is 1.00. The van der Waals surface area contributed by atoms with Crippen LogP contribution in [0.1, 0.15) is 40.0 Å². The molecule has 0 rings (SSSR count). The zero-order valence-electron chi connectivity index (χ0n) is 10.0. The molecule has 1 unspecified atom stereocenters. The fraction of sp³-hybridized carbons (Fsp3) is 0.900. The number of hydrogen-bond acceptors (Lipinski definition) is 4. The number of carbonyl (C=O) groups excluding carboxylic acids is 1. The Kier molecular flexibility index (Phi) is 9.01. The average molecular weight is 239 g/mol. The maximum atomic E-state index is 11.2. The summed E-state index contributed by atoms with van der Waals surface area (Å²) < 4.78 is 5.15. The number of hydrogen-bond donors (Lipinski definition) is 2. The van der Waals surface area contributed by atoms with Gasteiger partial charge < -0.3 is 15.8 Å². The van der Waals surface area contributed by atoms with E-state index in [1.807, 2.05) is 20.8 Å². The second kappa shape index (κ2) is 7.91. The summed E-state index contributed by atoms with van der Waals surface area (Å²) in [5, 5.41) is 2.91. The summed E-state index contributed by atoms with van der Waals surface area (Å²) in [6.45, 7) is 5.60. The number of nitrogens with two attached hydrogens (primary N) is 1. The van der Waals surface area contributed by atoms with Crippen molar-refractivity contribution in [2.24, 2.45) is 5.73 Å². The van der Waals surface area contributed by atoms with Gasteiger partial charge in [-0.05, 0) is 40.7 Å². The van der Waals surface area contributed by atoms with Gasteiger partial charge in [-0.15, -0.1) is 12.4 Å². The van der Waals surface area contributed by atoms with Crippen LogP contribution in [0.25, 0.3) is 0 Å². The molecular formula is C10H23ClN2O2. The van der Waals surface area contributed by atoms with Crippen LogP contribution in [0.3, 0.4) is 0 Å². The predicted molar refractivity (Wildman–Crippen MR) is 64.0 cm³/mol. The first kappa shape index (κ1) is 17.1. The summed E-state index contributed by atoms with van der Waals surface area (Å²) in [4.78, 5) is 11.2. The molecule has 0 spiro atoms. The molecule has 0 aromatic heterocycles. The van der Waals surface area contributed by atoms with Crippen LogP contribution in [0, 0.1) is 0 Å². The SMILES string of the molecule is CNC(N)CCCC(=O)OC(C)(C)C.Cl. The molecule has 0 aromatic carbocycles. The van der Waals surface area contributed by atoms with Crippen LogP contribution >= 0.6 is 12.4 Å². The highest BCUT2D eigenvalue weighted by molar-refractivity contribution is 5.85. The van der Waals surface area contributed by atoms with Gasteiger partial charge in [0.05, 0.1) is 6.17 Å². The van der Waals surface area contributed by atoms with Gasteiger partial charge in [0.15, 0.2) is 0 Å². The van der Waals surface area contributed by atoms with Crippen LogP contribution in [0.5, 0.6) is 0 Å². The molecule has 15 heavy (non-hydrogen) atoms. The molecule has 0 fully saturated rings. The minimum absolute atomic E-state index is 0. The second-order valence-electron chi connectivity index (χ2n) is 4.37. The zero-order valence-corrected chi connectivity index (χ0v) is 10.8. The maximum absolute atomic E-state index is 11.2. The van der Waals surface area contributed by atoms with Crippen LogP contribution in [0.2, 0.25) is 0 Å². The molecule has 0 heterocycles. The quantitative estimate of drug-likeness (QED) is 0.562. The van der Waals surface area contributed by atoms with Gasteiger partial charge in [0.25, 0.3) is 0 Å². The highest BCUT2D eigenvalue weighted by Crippen LogP contribution is 2.09. The number of ether oxygens (including phenoxy) is 1. The normalized spacial score (nSPS) is 12.9. The Hall–Kier alpha value is -0.320. The lowest BCUT2D eigenvalue weighted by atomic mass is 10.2. The Morgan fingerprint density at radius 3 is 2.40 bits per heavy atom. The molecule has 0 aliphatic carbocycles. The zero-order chi connectivity index (χ0) is 11.2. The number of carbonyl (C=O) groups is 1. The molecule has 1 atom stereocenters. The minimum atomic E-state index is -0.387. The van der Waals surface area contributed by atoms with Crippen LogP contribution in [-0.2, 0) is 9.53 Å². The molecule has 0 saturated carbocycles. The Labute approximate surface area is 98.3 Å². The highest BCUT2D eigenvalue weighted by Gasteiger charge is 2.15. The van der Waals surface area contributed by atoms with Gasteiger partial charge >= 0.3 is 5.97 Å². The molecule has 4 nitrogen and oxygen atoms in total. The Bertz CT molecular complexity index is 181. The molecule has 3 N–H and O–H groups in total. The number of nitrogens with one attached hydrogen (secondary N) is 1. The van der Waals surface area contributed by atoms with Gasteiger partial charge in [-0.1, -0.05) is 0 Å². The summed E-state index contributed by atoms with van der Waals surface area (Å²) in [7, 11) is 1.80.